The van der Waals surface area contributed by atoms with Gasteiger partial charge in [-0.1, -0.05) is 29.4 Å². The fourth-order valence-electron chi connectivity index (χ4n) is 2.56. The molecule has 29 heavy (non-hydrogen) atoms. The first-order valence-corrected chi connectivity index (χ1v) is 11.0. The molecule has 0 spiro atoms. The largest absolute Gasteiger partial charge is 0.483 e. The number of hydrogen-bond donors (Lipinski definition) is 1. The summed E-state index contributed by atoms with van der Waals surface area (Å²) in [7, 11) is 0. The van der Waals surface area contributed by atoms with Gasteiger partial charge in [0, 0.05) is 22.2 Å². The number of carbonyl (C=O) groups excluding carboxylic acids is 1. The minimum atomic E-state index is -0.323. The number of nitrogens with zero attached hydrogens (tertiary/aromatic N) is 4. The molecule has 3 rings (SSSR count). The van der Waals surface area contributed by atoms with E-state index in [4.69, 9.17) is 16.3 Å². The van der Waals surface area contributed by atoms with Crippen LogP contribution in [0.5, 0.6) is 5.75 Å². The number of rotatable bonds is 8. The second-order valence-corrected chi connectivity index (χ2v) is 8.30. The maximum atomic E-state index is 12.2. The molecule has 1 aromatic carbocycles. The van der Waals surface area contributed by atoms with Gasteiger partial charge in [-0.3, -0.25) is 4.79 Å². The topological polar surface area (TPSA) is 81.9 Å². The Bertz CT molecular complexity index is 983. The van der Waals surface area contributed by atoms with Crippen molar-refractivity contribution >= 4 is 51.0 Å². The summed E-state index contributed by atoms with van der Waals surface area (Å²) in [5, 5.41) is 12.5. The molecule has 2 heterocycles. The summed E-state index contributed by atoms with van der Waals surface area (Å²) in [5.74, 6) is 1.87. The van der Waals surface area contributed by atoms with Crippen molar-refractivity contribution in [2.24, 2.45) is 0 Å². The number of anilines is 1. The van der Waals surface area contributed by atoms with Crippen molar-refractivity contribution in [1.29, 1.82) is 0 Å². The predicted octanol–water partition coefficient (Wildman–Crippen LogP) is 4.98. The second-order valence-electron chi connectivity index (χ2n) is 6.00. The molecule has 0 aliphatic rings. The lowest BCUT2D eigenvalue weighted by molar-refractivity contribution is -0.113. The van der Waals surface area contributed by atoms with Crippen molar-refractivity contribution in [2.45, 2.75) is 31.7 Å². The van der Waals surface area contributed by atoms with E-state index in [1.165, 1.54) is 11.8 Å². The maximum absolute atomic E-state index is 12.2. The zero-order chi connectivity index (χ0) is 20.8. The first-order chi connectivity index (χ1) is 14.0. The number of pyridine rings is 1. The molecule has 7 nitrogen and oxygen atoms in total. The van der Waals surface area contributed by atoms with Gasteiger partial charge in [0.25, 0.3) is 0 Å². The third-order valence-electron chi connectivity index (χ3n) is 3.86. The van der Waals surface area contributed by atoms with Gasteiger partial charge < -0.3 is 14.6 Å². The van der Waals surface area contributed by atoms with E-state index in [2.05, 4.69) is 36.4 Å². The van der Waals surface area contributed by atoms with Crippen molar-refractivity contribution in [3.05, 3.63) is 57.9 Å². The third-order valence-corrected chi connectivity index (χ3v) is 5.53. The Morgan fingerprint density at radius 1 is 1.34 bits per heavy atom. The molecule has 0 radical (unpaired) electrons. The lowest BCUT2D eigenvalue weighted by Gasteiger charge is -2.15. The number of ether oxygens (including phenoxy) is 1. The summed E-state index contributed by atoms with van der Waals surface area (Å²) in [6.07, 6.45) is 1.31. The first kappa shape index (κ1) is 21.6. The van der Waals surface area contributed by atoms with Gasteiger partial charge in [0.1, 0.15) is 11.6 Å². The van der Waals surface area contributed by atoms with Crippen LogP contribution in [0.3, 0.4) is 0 Å². The standard InChI is InChI=1S/C19H19BrClN5O2S/c1-3-26-18(12(2)28-15-6-4-5-14(21)9-15)24-25-19(26)29-11-17(27)23-16-8-7-13(20)10-22-16/h4-10,12H,3,11H2,1-2H3,(H,22,23,27). The van der Waals surface area contributed by atoms with Crippen molar-refractivity contribution in [2.75, 3.05) is 11.1 Å². The number of aromatic nitrogens is 4. The number of carbonyl (C=O) groups is 1. The van der Waals surface area contributed by atoms with E-state index >= 15 is 0 Å². The number of thioether (sulfide) groups is 1. The van der Waals surface area contributed by atoms with E-state index in [1.807, 2.05) is 36.6 Å². The van der Waals surface area contributed by atoms with Crippen LogP contribution in [0.1, 0.15) is 25.8 Å². The van der Waals surface area contributed by atoms with E-state index in [1.54, 1.807) is 24.4 Å². The Labute approximate surface area is 186 Å². The minimum absolute atomic E-state index is 0.166. The molecule has 2 aromatic heterocycles. The predicted molar refractivity (Wildman–Crippen MR) is 117 cm³/mol. The highest BCUT2D eigenvalue weighted by Gasteiger charge is 2.19. The lowest BCUT2D eigenvalue weighted by atomic mass is 10.3. The van der Waals surface area contributed by atoms with Gasteiger partial charge >= 0.3 is 0 Å². The molecule has 0 saturated carbocycles. The Balaban J connectivity index is 1.62. The Morgan fingerprint density at radius 3 is 2.86 bits per heavy atom. The quantitative estimate of drug-likeness (QED) is 0.443. The van der Waals surface area contributed by atoms with E-state index in [-0.39, 0.29) is 17.8 Å². The molecule has 0 fully saturated rings. The van der Waals surface area contributed by atoms with Crippen LogP contribution in [0.4, 0.5) is 5.82 Å². The van der Waals surface area contributed by atoms with Crippen LogP contribution >= 0.6 is 39.3 Å². The van der Waals surface area contributed by atoms with E-state index in [0.29, 0.717) is 34.1 Å². The molecule has 0 aliphatic carbocycles. The van der Waals surface area contributed by atoms with Gasteiger partial charge in [0.2, 0.25) is 5.91 Å². The third kappa shape index (κ3) is 5.94. The first-order valence-electron chi connectivity index (χ1n) is 8.85. The van der Waals surface area contributed by atoms with Crippen molar-refractivity contribution in [3.8, 4) is 5.75 Å². The number of halogens is 2. The summed E-state index contributed by atoms with van der Waals surface area (Å²) >= 11 is 10.6. The highest BCUT2D eigenvalue weighted by Crippen LogP contribution is 2.26. The van der Waals surface area contributed by atoms with E-state index in [0.717, 1.165) is 4.47 Å². The molecule has 3 aromatic rings. The summed E-state index contributed by atoms with van der Waals surface area (Å²) in [6, 6.07) is 10.8. The molecule has 1 N–H and O–H groups in total. The monoisotopic (exact) mass is 495 g/mol. The van der Waals surface area contributed by atoms with Crippen molar-refractivity contribution < 1.29 is 9.53 Å². The molecular formula is C19H19BrClN5O2S. The summed E-state index contributed by atoms with van der Waals surface area (Å²) in [4.78, 5) is 16.3. The van der Waals surface area contributed by atoms with Crippen LogP contribution in [0.15, 0.2) is 52.2 Å². The molecule has 1 amide bonds. The highest BCUT2D eigenvalue weighted by atomic mass is 79.9. The van der Waals surface area contributed by atoms with Gasteiger partial charge in [-0.15, -0.1) is 10.2 Å². The Hall–Kier alpha value is -2.10. The number of nitrogens with one attached hydrogen (secondary N) is 1. The van der Waals surface area contributed by atoms with E-state index in [9.17, 15) is 4.79 Å². The van der Waals surface area contributed by atoms with Crippen molar-refractivity contribution in [1.82, 2.24) is 19.7 Å². The molecule has 10 heteroatoms. The molecule has 0 aliphatic heterocycles. The zero-order valence-corrected chi connectivity index (χ0v) is 19.0. The van der Waals surface area contributed by atoms with Gasteiger partial charge in [0.15, 0.2) is 17.1 Å². The highest BCUT2D eigenvalue weighted by molar-refractivity contribution is 9.10. The SMILES string of the molecule is CCn1c(SCC(=O)Nc2ccc(Br)cn2)nnc1C(C)Oc1cccc(Cl)c1. The Kier molecular flexibility index (Phi) is 7.51. The van der Waals surface area contributed by atoms with Crippen LogP contribution in [-0.4, -0.2) is 31.4 Å². The number of amides is 1. The van der Waals surface area contributed by atoms with Gasteiger partial charge in [-0.05, 0) is 60.1 Å². The summed E-state index contributed by atoms with van der Waals surface area (Å²) in [5.41, 5.74) is 0. The smallest absolute Gasteiger partial charge is 0.236 e. The molecule has 0 saturated heterocycles. The van der Waals surface area contributed by atoms with Gasteiger partial charge in [-0.25, -0.2) is 4.98 Å². The van der Waals surface area contributed by atoms with Gasteiger partial charge in [0.05, 0.1) is 5.75 Å². The molecule has 0 bridgehead atoms. The van der Waals surface area contributed by atoms with Crippen LogP contribution in [-0.2, 0) is 11.3 Å². The minimum Gasteiger partial charge on any atom is -0.483 e. The summed E-state index contributed by atoms with van der Waals surface area (Å²) in [6.45, 7) is 4.55. The molecular weight excluding hydrogens is 478 g/mol. The van der Waals surface area contributed by atoms with Crippen molar-refractivity contribution in [3.63, 3.8) is 0 Å². The lowest BCUT2D eigenvalue weighted by Crippen LogP contribution is -2.16. The Morgan fingerprint density at radius 2 is 2.17 bits per heavy atom. The van der Waals surface area contributed by atoms with E-state index < -0.39 is 0 Å². The van der Waals surface area contributed by atoms with Crippen LogP contribution in [0.2, 0.25) is 5.02 Å². The molecule has 152 valence electrons. The number of benzene rings is 1. The normalized spacial score (nSPS) is 11.9. The zero-order valence-electron chi connectivity index (χ0n) is 15.8. The maximum Gasteiger partial charge on any atom is 0.236 e. The molecule has 1 atom stereocenters. The average Bonchev–Trinajstić information content (AvgIpc) is 3.11. The van der Waals surface area contributed by atoms with Crippen LogP contribution in [0, 0.1) is 0 Å². The average molecular weight is 497 g/mol. The van der Waals surface area contributed by atoms with Gasteiger partial charge in [-0.2, -0.15) is 0 Å². The second kappa shape index (κ2) is 10.1. The molecule has 1 unspecified atom stereocenters. The fourth-order valence-corrected chi connectivity index (χ4v) is 3.78. The summed E-state index contributed by atoms with van der Waals surface area (Å²) < 4.78 is 8.73. The number of hydrogen-bond acceptors (Lipinski definition) is 6. The van der Waals surface area contributed by atoms with Crippen LogP contribution in [0.25, 0.3) is 0 Å². The van der Waals surface area contributed by atoms with Crippen LogP contribution < -0.4 is 10.1 Å². The fraction of sp³-hybridized carbons (Fsp3) is 0.263.